The molecule has 2 aromatic carbocycles. The van der Waals surface area contributed by atoms with Gasteiger partial charge in [-0.25, -0.2) is 14.5 Å². The lowest BCUT2D eigenvalue weighted by Gasteiger charge is -2.23. The van der Waals surface area contributed by atoms with Crippen LogP contribution in [-0.4, -0.2) is 21.4 Å². The van der Waals surface area contributed by atoms with E-state index >= 15 is 0 Å². The van der Waals surface area contributed by atoms with Gasteiger partial charge in [0, 0.05) is 0 Å². The minimum atomic E-state index is -0.643. The van der Waals surface area contributed by atoms with Crippen LogP contribution in [0.5, 0.6) is 0 Å². The lowest BCUT2D eigenvalue weighted by molar-refractivity contribution is 0.0505. The van der Waals surface area contributed by atoms with Crippen LogP contribution in [0.25, 0.3) is 10.9 Å². The van der Waals surface area contributed by atoms with Crippen molar-refractivity contribution in [1.29, 1.82) is 0 Å². The van der Waals surface area contributed by atoms with Gasteiger partial charge in [-0.15, -0.1) is 0 Å². The maximum absolute atomic E-state index is 13.2. The van der Waals surface area contributed by atoms with Crippen LogP contribution in [0.3, 0.4) is 0 Å². The molecule has 0 aliphatic rings. The van der Waals surface area contributed by atoms with Crippen molar-refractivity contribution in [3.8, 4) is 0 Å². The number of ether oxygens (including phenoxy) is 1. The smallest absolute Gasteiger partial charge is 0.408 e. The average molecular weight is 415 g/mol. The maximum Gasteiger partial charge on any atom is 0.408 e. The number of rotatable bonds is 4. The van der Waals surface area contributed by atoms with Crippen LogP contribution in [0, 0.1) is 0 Å². The fourth-order valence-corrected chi connectivity index (χ4v) is 3.05. The zero-order chi connectivity index (χ0) is 21.2. The van der Waals surface area contributed by atoms with Gasteiger partial charge in [-0.05, 0) is 52.0 Å². The Labute approximate surface area is 173 Å². The first kappa shape index (κ1) is 20.7. The number of alkyl carbamates (subject to hydrolysis) is 1. The van der Waals surface area contributed by atoms with Crippen LogP contribution in [0.2, 0.25) is 5.02 Å². The summed E-state index contributed by atoms with van der Waals surface area (Å²) in [6.07, 6.45) is -0.600. The number of carbonyl (C=O) groups is 1. The van der Waals surface area contributed by atoms with Crippen molar-refractivity contribution in [2.75, 3.05) is 5.43 Å². The molecule has 1 atom stereocenters. The van der Waals surface area contributed by atoms with Gasteiger partial charge in [0.15, 0.2) is 5.82 Å². The summed E-state index contributed by atoms with van der Waals surface area (Å²) in [7, 11) is 0. The monoisotopic (exact) mass is 414 g/mol. The van der Waals surface area contributed by atoms with Gasteiger partial charge in [-0.3, -0.25) is 10.2 Å². The molecule has 3 aromatic rings. The quantitative estimate of drug-likeness (QED) is 0.656. The Balaban J connectivity index is 2.08. The number of benzene rings is 2. The molecule has 0 aliphatic carbocycles. The van der Waals surface area contributed by atoms with Crippen LogP contribution in [0.1, 0.15) is 39.6 Å². The molecule has 1 amide bonds. The summed E-state index contributed by atoms with van der Waals surface area (Å²) in [5.74, 6) is 0.319. The second-order valence-electron chi connectivity index (χ2n) is 7.59. The molecule has 0 radical (unpaired) electrons. The fraction of sp³-hybridized carbons (Fsp3) is 0.286. The normalized spacial score (nSPS) is 12.4. The van der Waals surface area contributed by atoms with E-state index in [4.69, 9.17) is 16.3 Å². The summed E-state index contributed by atoms with van der Waals surface area (Å²) in [5, 5.41) is 3.33. The fourth-order valence-electron chi connectivity index (χ4n) is 2.80. The molecule has 0 aliphatic heterocycles. The van der Waals surface area contributed by atoms with Crippen molar-refractivity contribution in [2.45, 2.75) is 39.3 Å². The summed E-state index contributed by atoms with van der Waals surface area (Å²) in [5.41, 5.74) is 3.18. The van der Waals surface area contributed by atoms with Crippen molar-refractivity contribution in [2.24, 2.45) is 0 Å². The van der Waals surface area contributed by atoms with Crippen molar-refractivity contribution < 1.29 is 9.53 Å². The van der Waals surface area contributed by atoms with E-state index in [0.29, 0.717) is 27.4 Å². The molecule has 1 heterocycles. The molecular weight excluding hydrogens is 392 g/mol. The average Bonchev–Trinajstić information content (AvgIpc) is 2.63. The zero-order valence-corrected chi connectivity index (χ0v) is 17.4. The van der Waals surface area contributed by atoms with Crippen molar-refractivity contribution in [3.05, 3.63) is 69.7 Å². The van der Waals surface area contributed by atoms with Gasteiger partial charge in [0.25, 0.3) is 5.56 Å². The molecule has 0 bridgehead atoms. The molecule has 3 rings (SSSR count). The minimum Gasteiger partial charge on any atom is -0.444 e. The van der Waals surface area contributed by atoms with Gasteiger partial charge in [-0.1, -0.05) is 35.9 Å². The van der Waals surface area contributed by atoms with Crippen LogP contribution >= 0.6 is 11.6 Å². The van der Waals surface area contributed by atoms with E-state index in [0.717, 1.165) is 0 Å². The van der Waals surface area contributed by atoms with Gasteiger partial charge >= 0.3 is 6.09 Å². The highest BCUT2D eigenvalue weighted by atomic mass is 35.5. The maximum atomic E-state index is 13.2. The number of aromatic nitrogens is 2. The lowest BCUT2D eigenvalue weighted by atomic mass is 10.2. The number of amides is 1. The van der Waals surface area contributed by atoms with Gasteiger partial charge in [0.2, 0.25) is 0 Å². The highest BCUT2D eigenvalue weighted by Gasteiger charge is 2.23. The Bertz CT molecular complexity index is 1090. The van der Waals surface area contributed by atoms with E-state index in [9.17, 15) is 9.59 Å². The Kier molecular flexibility index (Phi) is 5.79. The Morgan fingerprint density at radius 1 is 1.14 bits per heavy atom. The number of hydrogen-bond acceptors (Lipinski definition) is 5. The van der Waals surface area contributed by atoms with E-state index in [1.54, 1.807) is 45.9 Å². The number of halogens is 1. The Morgan fingerprint density at radius 2 is 1.83 bits per heavy atom. The predicted molar refractivity (Wildman–Crippen MR) is 114 cm³/mol. The molecule has 2 N–H and O–H groups in total. The summed E-state index contributed by atoms with van der Waals surface area (Å²) in [6.45, 7) is 7.06. The van der Waals surface area contributed by atoms with E-state index in [1.807, 2.05) is 30.3 Å². The molecule has 0 saturated carbocycles. The van der Waals surface area contributed by atoms with Crippen molar-refractivity contribution in [3.63, 3.8) is 0 Å². The molecule has 0 saturated heterocycles. The first-order valence-corrected chi connectivity index (χ1v) is 9.56. The number of anilines is 1. The van der Waals surface area contributed by atoms with Gasteiger partial charge < -0.3 is 10.1 Å². The van der Waals surface area contributed by atoms with Crippen LogP contribution in [-0.2, 0) is 4.74 Å². The van der Waals surface area contributed by atoms with Gasteiger partial charge in [-0.2, -0.15) is 0 Å². The Hall–Kier alpha value is -3.06. The number of hydrogen-bond donors (Lipinski definition) is 2. The third-order valence-corrected chi connectivity index (χ3v) is 4.32. The molecule has 8 heteroatoms. The SMILES string of the molecule is CC(NC(=O)OC(C)(C)C)c1nc2cccc(Cl)c2c(=O)n1Nc1ccccc1. The summed E-state index contributed by atoms with van der Waals surface area (Å²) in [6, 6.07) is 13.7. The second-order valence-corrected chi connectivity index (χ2v) is 8.00. The molecule has 152 valence electrons. The topological polar surface area (TPSA) is 85.2 Å². The highest BCUT2D eigenvalue weighted by Crippen LogP contribution is 2.21. The molecule has 7 nitrogen and oxygen atoms in total. The minimum absolute atomic E-state index is 0.297. The van der Waals surface area contributed by atoms with Crippen LogP contribution in [0.4, 0.5) is 10.5 Å². The molecule has 29 heavy (non-hydrogen) atoms. The van der Waals surface area contributed by atoms with E-state index in [2.05, 4.69) is 15.7 Å². The summed E-state index contributed by atoms with van der Waals surface area (Å²) in [4.78, 5) is 30.0. The Morgan fingerprint density at radius 3 is 2.48 bits per heavy atom. The van der Waals surface area contributed by atoms with Crippen molar-refractivity contribution in [1.82, 2.24) is 15.0 Å². The molecule has 0 fully saturated rings. The number of carbonyl (C=O) groups excluding carboxylic acids is 1. The van der Waals surface area contributed by atoms with Gasteiger partial charge in [0.05, 0.1) is 27.7 Å². The molecule has 1 aromatic heterocycles. The first-order chi connectivity index (χ1) is 13.7. The number of nitrogens with zero attached hydrogens (tertiary/aromatic N) is 2. The lowest BCUT2D eigenvalue weighted by Crippen LogP contribution is -2.38. The van der Waals surface area contributed by atoms with Crippen LogP contribution in [0.15, 0.2) is 53.3 Å². The molecular formula is C21H23ClN4O3. The third kappa shape index (κ3) is 4.86. The van der Waals surface area contributed by atoms with E-state index < -0.39 is 17.7 Å². The first-order valence-electron chi connectivity index (χ1n) is 9.18. The number of fused-ring (bicyclic) bond motifs is 1. The standard InChI is InChI=1S/C21H23ClN4O3/c1-13(23-20(28)29-21(2,3)4)18-24-16-12-8-11-15(22)17(16)19(27)26(18)25-14-9-6-5-7-10-14/h5-13,25H,1-4H3,(H,23,28). The number of para-hydroxylation sites is 1. The molecule has 0 spiro atoms. The predicted octanol–water partition coefficient (Wildman–Crippen LogP) is 4.51. The number of nitrogens with one attached hydrogen (secondary N) is 2. The van der Waals surface area contributed by atoms with Crippen molar-refractivity contribution >= 4 is 34.3 Å². The molecule has 1 unspecified atom stereocenters. The van der Waals surface area contributed by atoms with Gasteiger partial charge in [0.1, 0.15) is 5.60 Å². The summed E-state index contributed by atoms with van der Waals surface area (Å²) < 4.78 is 6.62. The zero-order valence-electron chi connectivity index (χ0n) is 16.7. The third-order valence-electron chi connectivity index (χ3n) is 4.01. The van der Waals surface area contributed by atoms with E-state index in [1.165, 1.54) is 4.68 Å². The second kappa shape index (κ2) is 8.13. The largest absolute Gasteiger partial charge is 0.444 e. The summed E-state index contributed by atoms with van der Waals surface area (Å²) >= 11 is 6.26. The highest BCUT2D eigenvalue weighted by molar-refractivity contribution is 6.35. The van der Waals surface area contributed by atoms with E-state index in [-0.39, 0.29) is 5.56 Å². The van der Waals surface area contributed by atoms with Crippen LogP contribution < -0.4 is 16.3 Å².